The van der Waals surface area contributed by atoms with Crippen molar-refractivity contribution < 1.29 is 0 Å². The average molecular weight is 297 g/mol. The molecule has 0 amide bonds. The van der Waals surface area contributed by atoms with Gasteiger partial charge in [0.1, 0.15) is 0 Å². The predicted octanol–water partition coefficient (Wildman–Crippen LogP) is 4.60. The molecule has 3 heteroatoms. The molecular formula is C20H15N3. The molecule has 110 valence electrons. The lowest BCUT2D eigenvalue weighted by atomic mass is 10.0. The molecule has 4 aromatic rings. The number of pyridine rings is 1. The van der Waals surface area contributed by atoms with Crippen LogP contribution in [0.15, 0.2) is 91.6 Å². The lowest BCUT2D eigenvalue weighted by Crippen LogP contribution is -1.98. The highest BCUT2D eigenvalue weighted by molar-refractivity contribution is 5.74. The minimum atomic E-state index is 1.02. The van der Waals surface area contributed by atoms with Crippen LogP contribution in [-0.4, -0.2) is 14.5 Å². The Hall–Kier alpha value is -3.20. The van der Waals surface area contributed by atoms with Crippen LogP contribution < -0.4 is 0 Å². The van der Waals surface area contributed by atoms with Gasteiger partial charge in [-0.05, 0) is 11.6 Å². The lowest BCUT2D eigenvalue weighted by Gasteiger charge is -2.13. The van der Waals surface area contributed by atoms with E-state index in [1.807, 2.05) is 67.4 Å². The molecule has 2 heterocycles. The molecule has 0 bridgehead atoms. The van der Waals surface area contributed by atoms with E-state index in [9.17, 15) is 0 Å². The van der Waals surface area contributed by atoms with Gasteiger partial charge in [0, 0.05) is 17.3 Å². The Kier molecular flexibility index (Phi) is 3.45. The van der Waals surface area contributed by atoms with Gasteiger partial charge in [-0.15, -0.1) is 0 Å². The summed E-state index contributed by atoms with van der Waals surface area (Å²) in [6.45, 7) is 0. The first-order chi connectivity index (χ1) is 11.4. The molecule has 0 aliphatic rings. The third-order valence-corrected chi connectivity index (χ3v) is 3.85. The van der Waals surface area contributed by atoms with Gasteiger partial charge in [0.15, 0.2) is 0 Å². The SMILES string of the molecule is c1ccc(-c2ccncc2-n2cncc2-c2ccccc2)cc1. The van der Waals surface area contributed by atoms with Crippen LogP contribution in [0.3, 0.4) is 0 Å². The number of benzene rings is 2. The fourth-order valence-corrected chi connectivity index (χ4v) is 2.75. The average Bonchev–Trinajstić information content (AvgIpc) is 3.13. The maximum atomic E-state index is 4.34. The van der Waals surface area contributed by atoms with Gasteiger partial charge in [-0.1, -0.05) is 60.7 Å². The zero-order chi connectivity index (χ0) is 15.5. The molecule has 4 rings (SSSR count). The van der Waals surface area contributed by atoms with E-state index in [2.05, 4.69) is 38.8 Å². The number of rotatable bonds is 3. The van der Waals surface area contributed by atoms with E-state index in [0.717, 1.165) is 28.1 Å². The first-order valence-electron chi connectivity index (χ1n) is 7.51. The van der Waals surface area contributed by atoms with E-state index < -0.39 is 0 Å². The van der Waals surface area contributed by atoms with Crippen molar-refractivity contribution in [3.05, 3.63) is 91.6 Å². The van der Waals surface area contributed by atoms with Crippen molar-refractivity contribution in [2.45, 2.75) is 0 Å². The van der Waals surface area contributed by atoms with E-state index in [-0.39, 0.29) is 0 Å². The summed E-state index contributed by atoms with van der Waals surface area (Å²) in [6.07, 6.45) is 7.43. The summed E-state index contributed by atoms with van der Waals surface area (Å²) in [6, 6.07) is 22.6. The quantitative estimate of drug-likeness (QED) is 0.553. The van der Waals surface area contributed by atoms with Crippen LogP contribution in [0.2, 0.25) is 0 Å². The van der Waals surface area contributed by atoms with Crippen LogP contribution in [0.1, 0.15) is 0 Å². The summed E-state index contributed by atoms with van der Waals surface area (Å²) in [5, 5.41) is 0. The molecule has 0 spiro atoms. The highest BCUT2D eigenvalue weighted by atomic mass is 15.1. The van der Waals surface area contributed by atoms with Gasteiger partial charge in [-0.2, -0.15) is 0 Å². The van der Waals surface area contributed by atoms with Crippen molar-refractivity contribution in [1.29, 1.82) is 0 Å². The second kappa shape index (κ2) is 5.89. The van der Waals surface area contributed by atoms with Crippen molar-refractivity contribution in [1.82, 2.24) is 14.5 Å². The van der Waals surface area contributed by atoms with Crippen LogP contribution in [-0.2, 0) is 0 Å². The van der Waals surface area contributed by atoms with Gasteiger partial charge in [-0.3, -0.25) is 9.55 Å². The summed E-state index contributed by atoms with van der Waals surface area (Å²) in [5.41, 5.74) is 5.51. The van der Waals surface area contributed by atoms with Crippen molar-refractivity contribution in [3.8, 4) is 28.1 Å². The number of nitrogens with zero attached hydrogens (tertiary/aromatic N) is 3. The second-order valence-corrected chi connectivity index (χ2v) is 5.27. The Bertz CT molecular complexity index is 912. The maximum Gasteiger partial charge on any atom is 0.0997 e. The van der Waals surface area contributed by atoms with Gasteiger partial charge in [-0.25, -0.2) is 4.98 Å². The summed E-state index contributed by atoms with van der Waals surface area (Å²) < 4.78 is 2.09. The van der Waals surface area contributed by atoms with Gasteiger partial charge in [0.2, 0.25) is 0 Å². The largest absolute Gasteiger partial charge is 0.297 e. The number of aromatic nitrogens is 3. The number of hydrogen-bond donors (Lipinski definition) is 0. The smallest absolute Gasteiger partial charge is 0.0997 e. The van der Waals surface area contributed by atoms with Crippen LogP contribution in [0.5, 0.6) is 0 Å². The first-order valence-corrected chi connectivity index (χ1v) is 7.51. The third-order valence-electron chi connectivity index (χ3n) is 3.85. The van der Waals surface area contributed by atoms with Crippen molar-refractivity contribution >= 4 is 0 Å². The molecule has 0 saturated carbocycles. The van der Waals surface area contributed by atoms with Gasteiger partial charge < -0.3 is 0 Å². The molecule has 0 atom stereocenters. The zero-order valence-corrected chi connectivity index (χ0v) is 12.5. The van der Waals surface area contributed by atoms with E-state index in [0.29, 0.717) is 0 Å². The van der Waals surface area contributed by atoms with Crippen LogP contribution in [0, 0.1) is 0 Å². The third kappa shape index (κ3) is 2.53. The molecule has 0 N–H and O–H groups in total. The molecule has 3 nitrogen and oxygen atoms in total. The molecule has 0 fully saturated rings. The summed E-state index contributed by atoms with van der Waals surface area (Å²) in [4.78, 5) is 8.66. The Morgan fingerprint density at radius 1 is 0.652 bits per heavy atom. The summed E-state index contributed by atoms with van der Waals surface area (Å²) in [5.74, 6) is 0. The fraction of sp³-hybridized carbons (Fsp3) is 0. The standard InChI is InChI=1S/C20H15N3/c1-3-7-16(8-4-1)18-11-12-21-14-20(18)23-15-22-13-19(23)17-9-5-2-6-10-17/h1-15H. The predicted molar refractivity (Wildman–Crippen MR) is 92.2 cm³/mol. The van der Waals surface area contributed by atoms with Crippen LogP contribution in [0.4, 0.5) is 0 Å². The molecule has 0 saturated heterocycles. The lowest BCUT2D eigenvalue weighted by molar-refractivity contribution is 1.05. The topological polar surface area (TPSA) is 30.7 Å². The van der Waals surface area contributed by atoms with Gasteiger partial charge in [0.05, 0.1) is 30.1 Å². The maximum absolute atomic E-state index is 4.34. The molecule has 0 aliphatic carbocycles. The molecule has 23 heavy (non-hydrogen) atoms. The molecular weight excluding hydrogens is 282 g/mol. The summed E-state index contributed by atoms with van der Waals surface area (Å²) >= 11 is 0. The highest BCUT2D eigenvalue weighted by Crippen LogP contribution is 2.29. The Labute approximate surface area is 134 Å². The van der Waals surface area contributed by atoms with E-state index in [1.165, 1.54) is 0 Å². The molecule has 0 aliphatic heterocycles. The molecule has 2 aromatic heterocycles. The summed E-state index contributed by atoms with van der Waals surface area (Å²) in [7, 11) is 0. The normalized spacial score (nSPS) is 10.6. The van der Waals surface area contributed by atoms with Crippen molar-refractivity contribution in [2.75, 3.05) is 0 Å². The number of imidazole rings is 1. The zero-order valence-electron chi connectivity index (χ0n) is 12.5. The Balaban J connectivity index is 1.90. The van der Waals surface area contributed by atoms with Crippen LogP contribution in [0.25, 0.3) is 28.1 Å². The van der Waals surface area contributed by atoms with Crippen molar-refractivity contribution in [3.63, 3.8) is 0 Å². The highest BCUT2D eigenvalue weighted by Gasteiger charge is 2.11. The monoisotopic (exact) mass is 297 g/mol. The first kappa shape index (κ1) is 13.5. The second-order valence-electron chi connectivity index (χ2n) is 5.27. The van der Waals surface area contributed by atoms with Crippen LogP contribution >= 0.6 is 0 Å². The molecule has 0 radical (unpaired) electrons. The minimum absolute atomic E-state index is 1.02. The minimum Gasteiger partial charge on any atom is -0.297 e. The Morgan fingerprint density at radius 2 is 1.35 bits per heavy atom. The van der Waals surface area contributed by atoms with E-state index in [1.54, 1.807) is 0 Å². The van der Waals surface area contributed by atoms with Gasteiger partial charge >= 0.3 is 0 Å². The molecule has 2 aromatic carbocycles. The van der Waals surface area contributed by atoms with Gasteiger partial charge in [0.25, 0.3) is 0 Å². The van der Waals surface area contributed by atoms with Crippen molar-refractivity contribution in [2.24, 2.45) is 0 Å². The fourth-order valence-electron chi connectivity index (χ4n) is 2.75. The Morgan fingerprint density at radius 3 is 2.09 bits per heavy atom. The van der Waals surface area contributed by atoms with E-state index in [4.69, 9.17) is 0 Å². The van der Waals surface area contributed by atoms with E-state index >= 15 is 0 Å². The molecule has 0 unspecified atom stereocenters. The number of hydrogen-bond acceptors (Lipinski definition) is 2.